The van der Waals surface area contributed by atoms with Crippen LogP contribution < -0.4 is 5.43 Å². The average molecular weight is 202 g/mol. The number of carbonyl (C=O) groups excluding carboxylic acids is 2. The summed E-state index contributed by atoms with van der Waals surface area (Å²) in [6.45, 7) is 3.65. The van der Waals surface area contributed by atoms with Crippen LogP contribution in [0.4, 0.5) is 4.79 Å². The number of carbonyl (C=O) groups is 2. The highest BCUT2D eigenvalue weighted by molar-refractivity contribution is 5.97. The lowest BCUT2D eigenvalue weighted by Gasteiger charge is -2.01. The van der Waals surface area contributed by atoms with Crippen molar-refractivity contribution >= 4 is 17.8 Å². The molecule has 0 aliphatic rings. The predicted molar refractivity (Wildman–Crippen MR) is 49.9 cm³/mol. The van der Waals surface area contributed by atoms with Gasteiger partial charge in [0.1, 0.15) is 0 Å². The molecule has 0 aliphatic carbocycles. The zero-order chi connectivity index (χ0) is 11.0. The van der Waals surface area contributed by atoms with Gasteiger partial charge in [0.15, 0.2) is 0 Å². The lowest BCUT2D eigenvalue weighted by Crippen LogP contribution is -2.19. The van der Waals surface area contributed by atoms with Crippen molar-refractivity contribution in [2.45, 2.75) is 20.3 Å². The highest BCUT2D eigenvalue weighted by atomic mass is 16.5. The monoisotopic (exact) mass is 202 g/mol. The van der Waals surface area contributed by atoms with E-state index in [1.165, 1.54) is 7.11 Å². The fraction of sp³-hybridized carbons (Fsp3) is 0.625. The van der Waals surface area contributed by atoms with E-state index in [1.54, 1.807) is 13.8 Å². The summed E-state index contributed by atoms with van der Waals surface area (Å²) in [5.41, 5.74) is 2.55. The molecule has 1 amide bonds. The van der Waals surface area contributed by atoms with Crippen LogP contribution >= 0.6 is 0 Å². The van der Waals surface area contributed by atoms with Gasteiger partial charge in [-0.2, -0.15) is 5.10 Å². The Morgan fingerprint density at radius 1 is 1.43 bits per heavy atom. The smallest absolute Gasteiger partial charge is 0.427 e. The highest BCUT2D eigenvalue weighted by Gasteiger charge is 2.04. The van der Waals surface area contributed by atoms with Gasteiger partial charge in [-0.3, -0.25) is 4.79 Å². The molecule has 14 heavy (non-hydrogen) atoms. The van der Waals surface area contributed by atoms with Crippen molar-refractivity contribution in [1.29, 1.82) is 0 Å². The molecule has 0 heterocycles. The van der Waals surface area contributed by atoms with Gasteiger partial charge in [-0.1, -0.05) is 0 Å². The maximum absolute atomic E-state index is 10.9. The van der Waals surface area contributed by atoms with Crippen molar-refractivity contribution in [2.24, 2.45) is 5.10 Å². The van der Waals surface area contributed by atoms with Crippen LogP contribution in [-0.4, -0.2) is 31.5 Å². The van der Waals surface area contributed by atoms with E-state index in [0.29, 0.717) is 12.3 Å². The summed E-state index contributed by atoms with van der Waals surface area (Å²) in [6, 6.07) is 0. The molecule has 0 radical (unpaired) electrons. The van der Waals surface area contributed by atoms with Gasteiger partial charge in [0, 0.05) is 5.71 Å². The molecule has 0 spiro atoms. The molecule has 0 unspecified atom stereocenters. The van der Waals surface area contributed by atoms with Crippen molar-refractivity contribution in [1.82, 2.24) is 5.43 Å². The standard InChI is InChI=1S/C8H14N2O4/c1-4-14-7(11)5-6(2)9-10-8(12)13-3/h4-5H2,1-3H3,(H,10,12). The van der Waals surface area contributed by atoms with Crippen molar-refractivity contribution in [3.05, 3.63) is 0 Å². The second-order valence-electron chi connectivity index (χ2n) is 2.43. The molecule has 0 rings (SSSR count). The van der Waals surface area contributed by atoms with E-state index in [4.69, 9.17) is 0 Å². The summed E-state index contributed by atoms with van der Waals surface area (Å²) in [4.78, 5) is 21.5. The molecule has 0 aromatic heterocycles. The van der Waals surface area contributed by atoms with E-state index in [0.717, 1.165) is 0 Å². The molecule has 0 saturated heterocycles. The molecule has 0 fully saturated rings. The third-order valence-electron chi connectivity index (χ3n) is 1.23. The summed E-state index contributed by atoms with van der Waals surface area (Å²) >= 11 is 0. The van der Waals surface area contributed by atoms with E-state index >= 15 is 0 Å². The molecule has 80 valence electrons. The quantitative estimate of drug-likeness (QED) is 0.413. The van der Waals surface area contributed by atoms with Crippen molar-refractivity contribution < 1.29 is 19.1 Å². The van der Waals surface area contributed by atoms with Crippen molar-refractivity contribution in [3.8, 4) is 0 Å². The number of amides is 1. The number of ether oxygens (including phenoxy) is 2. The van der Waals surface area contributed by atoms with Gasteiger partial charge in [0.2, 0.25) is 0 Å². The Bertz CT molecular complexity index is 237. The first-order valence-corrected chi connectivity index (χ1v) is 4.12. The maximum Gasteiger partial charge on any atom is 0.427 e. The number of nitrogens with zero attached hydrogens (tertiary/aromatic N) is 1. The molecule has 0 aliphatic heterocycles. The summed E-state index contributed by atoms with van der Waals surface area (Å²) < 4.78 is 8.96. The Kier molecular flexibility index (Phi) is 6.09. The normalized spacial score (nSPS) is 10.6. The summed E-state index contributed by atoms with van der Waals surface area (Å²) in [6.07, 6.45) is -0.620. The number of nitrogens with one attached hydrogen (secondary N) is 1. The van der Waals surface area contributed by atoms with Crippen LogP contribution in [0.5, 0.6) is 0 Å². The van der Waals surface area contributed by atoms with Gasteiger partial charge < -0.3 is 9.47 Å². The lowest BCUT2D eigenvalue weighted by atomic mass is 10.3. The SMILES string of the molecule is CCOC(=O)CC(C)=NNC(=O)OC. The van der Waals surface area contributed by atoms with Gasteiger partial charge in [-0.15, -0.1) is 0 Å². The summed E-state index contributed by atoms with van der Waals surface area (Å²) in [7, 11) is 1.23. The largest absolute Gasteiger partial charge is 0.466 e. The van der Waals surface area contributed by atoms with E-state index in [9.17, 15) is 9.59 Å². The summed E-state index contributed by atoms with van der Waals surface area (Å²) in [5, 5.41) is 3.61. The van der Waals surface area contributed by atoms with Crippen LogP contribution in [0.3, 0.4) is 0 Å². The van der Waals surface area contributed by atoms with Crippen LogP contribution in [0.15, 0.2) is 5.10 Å². The molecule has 6 nitrogen and oxygen atoms in total. The van der Waals surface area contributed by atoms with Crippen LogP contribution in [0.2, 0.25) is 0 Å². The van der Waals surface area contributed by atoms with E-state index < -0.39 is 6.09 Å². The Morgan fingerprint density at radius 2 is 2.07 bits per heavy atom. The fourth-order valence-electron chi connectivity index (χ4n) is 0.647. The van der Waals surface area contributed by atoms with Crippen LogP contribution in [0, 0.1) is 0 Å². The molecular formula is C8H14N2O4. The zero-order valence-corrected chi connectivity index (χ0v) is 8.49. The molecule has 6 heteroatoms. The Morgan fingerprint density at radius 3 is 2.57 bits per heavy atom. The minimum atomic E-state index is -0.673. The number of esters is 1. The topological polar surface area (TPSA) is 77.0 Å². The number of hydrogen-bond donors (Lipinski definition) is 1. The highest BCUT2D eigenvalue weighted by Crippen LogP contribution is 1.89. The first-order chi connectivity index (χ1) is 6.60. The molecule has 1 N–H and O–H groups in total. The molecular weight excluding hydrogens is 188 g/mol. The third kappa shape index (κ3) is 5.99. The molecule has 0 aromatic rings. The van der Waals surface area contributed by atoms with Crippen molar-refractivity contribution in [2.75, 3.05) is 13.7 Å². The second-order valence-corrected chi connectivity index (χ2v) is 2.43. The third-order valence-corrected chi connectivity index (χ3v) is 1.23. The first kappa shape index (κ1) is 12.4. The summed E-state index contributed by atoms with van der Waals surface area (Å²) in [5.74, 6) is -0.375. The van der Waals surface area contributed by atoms with Gasteiger partial charge in [0.25, 0.3) is 0 Å². The van der Waals surface area contributed by atoms with Crippen molar-refractivity contribution in [3.63, 3.8) is 0 Å². The fourth-order valence-corrected chi connectivity index (χ4v) is 0.647. The van der Waals surface area contributed by atoms with Gasteiger partial charge in [0.05, 0.1) is 20.1 Å². The Hall–Kier alpha value is -1.59. The van der Waals surface area contributed by atoms with Gasteiger partial charge in [-0.25, -0.2) is 10.2 Å². The molecule has 0 atom stereocenters. The maximum atomic E-state index is 10.9. The number of rotatable bonds is 4. The second kappa shape index (κ2) is 6.88. The van der Waals surface area contributed by atoms with Crippen LogP contribution in [0.25, 0.3) is 0 Å². The molecule has 0 bridgehead atoms. The lowest BCUT2D eigenvalue weighted by molar-refractivity contribution is -0.141. The number of hydrogen-bond acceptors (Lipinski definition) is 5. The number of methoxy groups -OCH3 is 1. The van der Waals surface area contributed by atoms with E-state index in [2.05, 4.69) is 20.0 Å². The zero-order valence-electron chi connectivity index (χ0n) is 8.49. The van der Waals surface area contributed by atoms with E-state index in [-0.39, 0.29) is 12.4 Å². The minimum Gasteiger partial charge on any atom is -0.466 e. The van der Waals surface area contributed by atoms with E-state index in [1.807, 2.05) is 0 Å². The molecule has 0 aromatic carbocycles. The Labute approximate surface area is 82.3 Å². The van der Waals surface area contributed by atoms with Crippen LogP contribution in [0.1, 0.15) is 20.3 Å². The molecule has 0 saturated carbocycles. The van der Waals surface area contributed by atoms with Crippen LogP contribution in [-0.2, 0) is 14.3 Å². The first-order valence-electron chi connectivity index (χ1n) is 4.12. The average Bonchev–Trinajstić information content (AvgIpc) is 2.14. The predicted octanol–water partition coefficient (Wildman–Crippen LogP) is 0.671. The number of hydrazone groups is 1. The Balaban J connectivity index is 3.88. The van der Waals surface area contributed by atoms with Gasteiger partial charge in [-0.05, 0) is 13.8 Å². The minimum absolute atomic E-state index is 0.0534. The van der Waals surface area contributed by atoms with Gasteiger partial charge >= 0.3 is 12.1 Å².